The van der Waals surface area contributed by atoms with E-state index < -0.39 is 11.7 Å². The molecule has 0 aliphatic rings. The maximum atomic E-state index is 12.4. The molecule has 1 rings (SSSR count). The molecule has 0 fully saturated rings. The highest BCUT2D eigenvalue weighted by Gasteiger charge is 2.30. The summed E-state index contributed by atoms with van der Waals surface area (Å²) in [4.78, 5) is 0. The minimum Gasteiger partial charge on any atom is -0.323 e. The Hall–Kier alpha value is -0.680. The summed E-state index contributed by atoms with van der Waals surface area (Å²) in [5, 5.41) is 0. The van der Waals surface area contributed by atoms with Gasteiger partial charge in [0.05, 0.1) is 5.56 Å². The number of hydrogen-bond donors (Lipinski definition) is 1. The zero-order valence-corrected chi connectivity index (χ0v) is 11.2. The Kier molecular flexibility index (Phi) is 6.02. The molecule has 102 valence electrons. The molecule has 0 saturated carbocycles. The number of hydrogen-bond acceptors (Lipinski definition) is 2. The number of benzene rings is 1. The molecule has 0 saturated heterocycles. The molecule has 0 aromatic heterocycles. The summed E-state index contributed by atoms with van der Waals surface area (Å²) in [5.41, 5.74) is 6.06. The summed E-state index contributed by atoms with van der Waals surface area (Å²) < 4.78 is 37.1. The Labute approximate surface area is 110 Å². The van der Waals surface area contributed by atoms with Crippen LogP contribution in [-0.2, 0) is 6.18 Å². The molecule has 0 radical (unpaired) electrons. The van der Waals surface area contributed by atoms with Crippen LogP contribution in [0.25, 0.3) is 0 Å². The number of unbranched alkanes of at least 4 members (excludes halogenated alkanes) is 1. The van der Waals surface area contributed by atoms with Crippen LogP contribution in [-0.4, -0.2) is 11.5 Å². The highest BCUT2D eigenvalue weighted by atomic mass is 32.2. The fraction of sp³-hybridized carbons (Fsp3) is 0.538. The third-order valence-electron chi connectivity index (χ3n) is 2.61. The van der Waals surface area contributed by atoms with Crippen LogP contribution in [0.15, 0.2) is 24.3 Å². The van der Waals surface area contributed by atoms with Gasteiger partial charge in [-0.15, -0.1) is 0 Å². The van der Waals surface area contributed by atoms with E-state index >= 15 is 0 Å². The first-order valence-electron chi connectivity index (χ1n) is 5.95. The summed E-state index contributed by atoms with van der Waals surface area (Å²) >= 11 is 1.74. The van der Waals surface area contributed by atoms with E-state index in [0.717, 1.165) is 42.0 Å². The number of halogens is 3. The van der Waals surface area contributed by atoms with Crippen LogP contribution in [0.3, 0.4) is 0 Å². The topological polar surface area (TPSA) is 26.0 Å². The predicted molar refractivity (Wildman–Crippen MR) is 70.6 cm³/mol. The molecule has 0 aliphatic carbocycles. The highest BCUT2D eigenvalue weighted by molar-refractivity contribution is 7.99. The van der Waals surface area contributed by atoms with Crippen molar-refractivity contribution in [3.8, 4) is 0 Å². The fourth-order valence-electron chi connectivity index (χ4n) is 1.47. The van der Waals surface area contributed by atoms with Crippen molar-refractivity contribution < 1.29 is 13.2 Å². The molecule has 1 atom stereocenters. The molecule has 0 heterocycles. The molecule has 1 unspecified atom stereocenters. The monoisotopic (exact) mass is 277 g/mol. The van der Waals surface area contributed by atoms with Crippen LogP contribution in [0, 0.1) is 0 Å². The van der Waals surface area contributed by atoms with Crippen LogP contribution in [0.4, 0.5) is 13.2 Å². The largest absolute Gasteiger partial charge is 0.416 e. The van der Waals surface area contributed by atoms with Crippen LogP contribution in [0.5, 0.6) is 0 Å². The Morgan fingerprint density at radius 1 is 1.22 bits per heavy atom. The lowest BCUT2D eigenvalue weighted by atomic mass is 10.1. The van der Waals surface area contributed by atoms with Crippen molar-refractivity contribution in [1.29, 1.82) is 0 Å². The normalized spacial score (nSPS) is 13.6. The van der Waals surface area contributed by atoms with E-state index in [1.165, 1.54) is 12.1 Å². The van der Waals surface area contributed by atoms with Crippen molar-refractivity contribution in [2.24, 2.45) is 5.73 Å². The first-order chi connectivity index (χ1) is 8.45. The number of alkyl halides is 3. The zero-order chi connectivity index (χ0) is 13.6. The third-order valence-corrected chi connectivity index (χ3v) is 3.78. The van der Waals surface area contributed by atoms with Gasteiger partial charge < -0.3 is 5.73 Å². The Balaban J connectivity index is 2.51. The lowest BCUT2D eigenvalue weighted by molar-refractivity contribution is -0.137. The van der Waals surface area contributed by atoms with Crippen molar-refractivity contribution >= 4 is 11.8 Å². The van der Waals surface area contributed by atoms with E-state index in [2.05, 4.69) is 6.92 Å². The summed E-state index contributed by atoms with van der Waals surface area (Å²) in [6.45, 7) is 2.12. The number of thioether (sulfide) groups is 1. The van der Waals surface area contributed by atoms with Crippen molar-refractivity contribution in [1.82, 2.24) is 0 Å². The van der Waals surface area contributed by atoms with E-state index in [1.807, 2.05) is 0 Å². The lowest BCUT2D eigenvalue weighted by Gasteiger charge is -2.13. The third kappa shape index (κ3) is 4.90. The molecule has 1 aromatic carbocycles. The van der Waals surface area contributed by atoms with Gasteiger partial charge in [-0.1, -0.05) is 25.5 Å². The first-order valence-corrected chi connectivity index (χ1v) is 7.11. The van der Waals surface area contributed by atoms with Crippen LogP contribution in [0.2, 0.25) is 0 Å². The van der Waals surface area contributed by atoms with E-state index in [1.54, 1.807) is 11.8 Å². The van der Waals surface area contributed by atoms with Crippen molar-refractivity contribution in [3.05, 3.63) is 35.4 Å². The minimum absolute atomic E-state index is 0.200. The van der Waals surface area contributed by atoms with Gasteiger partial charge in [-0.3, -0.25) is 0 Å². The van der Waals surface area contributed by atoms with Gasteiger partial charge in [-0.25, -0.2) is 0 Å². The van der Waals surface area contributed by atoms with Gasteiger partial charge in [0, 0.05) is 11.8 Å². The van der Waals surface area contributed by atoms with E-state index in [0.29, 0.717) is 0 Å². The second-order valence-electron chi connectivity index (χ2n) is 4.15. The van der Waals surface area contributed by atoms with Crippen LogP contribution < -0.4 is 5.73 Å². The lowest BCUT2D eigenvalue weighted by Crippen LogP contribution is -2.14. The SMILES string of the molecule is CCCCSCC(N)c1ccc(C(F)(F)F)cc1. The van der Waals surface area contributed by atoms with E-state index in [9.17, 15) is 13.2 Å². The maximum absolute atomic E-state index is 12.4. The molecule has 0 amide bonds. The molecule has 1 nitrogen and oxygen atoms in total. The minimum atomic E-state index is -4.28. The Bertz CT molecular complexity index is 348. The number of nitrogens with two attached hydrogens (primary N) is 1. The molecule has 2 N–H and O–H groups in total. The smallest absolute Gasteiger partial charge is 0.323 e. The molecular weight excluding hydrogens is 259 g/mol. The van der Waals surface area contributed by atoms with Crippen LogP contribution >= 0.6 is 11.8 Å². The average molecular weight is 277 g/mol. The van der Waals surface area contributed by atoms with Gasteiger partial charge in [0.25, 0.3) is 0 Å². The van der Waals surface area contributed by atoms with Crippen molar-refractivity contribution in [2.45, 2.75) is 32.0 Å². The summed E-state index contributed by atoms with van der Waals surface area (Å²) in [5.74, 6) is 1.79. The summed E-state index contributed by atoms with van der Waals surface area (Å²) in [6, 6.07) is 4.91. The fourth-order valence-corrected chi connectivity index (χ4v) is 2.58. The maximum Gasteiger partial charge on any atom is 0.416 e. The Morgan fingerprint density at radius 2 is 1.83 bits per heavy atom. The second kappa shape index (κ2) is 7.04. The standard InChI is InChI=1S/C13H18F3NS/c1-2-3-8-18-9-12(17)10-4-6-11(7-5-10)13(14,15)16/h4-7,12H,2-3,8-9,17H2,1H3. The van der Waals surface area contributed by atoms with Gasteiger partial charge in [0.2, 0.25) is 0 Å². The van der Waals surface area contributed by atoms with Gasteiger partial charge >= 0.3 is 6.18 Å². The zero-order valence-electron chi connectivity index (χ0n) is 10.3. The quantitative estimate of drug-likeness (QED) is 0.787. The highest BCUT2D eigenvalue weighted by Crippen LogP contribution is 2.30. The molecule has 1 aromatic rings. The van der Waals surface area contributed by atoms with E-state index in [4.69, 9.17) is 5.73 Å². The van der Waals surface area contributed by atoms with Gasteiger partial charge in [-0.2, -0.15) is 24.9 Å². The summed E-state index contributed by atoms with van der Waals surface area (Å²) in [6.07, 6.45) is -1.99. The molecule has 0 aliphatic heterocycles. The number of rotatable bonds is 6. The first kappa shape index (κ1) is 15.4. The summed E-state index contributed by atoms with van der Waals surface area (Å²) in [7, 11) is 0. The van der Waals surface area contributed by atoms with E-state index in [-0.39, 0.29) is 6.04 Å². The molecule has 5 heteroatoms. The van der Waals surface area contributed by atoms with Crippen LogP contribution in [0.1, 0.15) is 36.9 Å². The van der Waals surface area contributed by atoms with Crippen molar-refractivity contribution in [3.63, 3.8) is 0 Å². The van der Waals surface area contributed by atoms with Gasteiger partial charge in [-0.05, 0) is 29.9 Å². The Morgan fingerprint density at radius 3 is 2.33 bits per heavy atom. The second-order valence-corrected chi connectivity index (χ2v) is 5.30. The van der Waals surface area contributed by atoms with Gasteiger partial charge in [0.1, 0.15) is 0 Å². The molecular formula is C13H18F3NS. The average Bonchev–Trinajstić information content (AvgIpc) is 2.33. The molecule has 0 spiro atoms. The molecule has 18 heavy (non-hydrogen) atoms. The van der Waals surface area contributed by atoms with Crippen molar-refractivity contribution in [2.75, 3.05) is 11.5 Å². The molecule has 0 bridgehead atoms. The predicted octanol–water partition coefficient (Wildman–Crippen LogP) is 4.24. The van der Waals surface area contributed by atoms with Gasteiger partial charge in [0.15, 0.2) is 0 Å².